The summed E-state index contributed by atoms with van der Waals surface area (Å²) in [7, 11) is 0. The monoisotopic (exact) mass is 295 g/mol. The summed E-state index contributed by atoms with van der Waals surface area (Å²) < 4.78 is 11.0. The Labute approximate surface area is 123 Å². The number of halogens is 1. The molecule has 1 aromatic carbocycles. The fraction of sp³-hybridized carbons (Fsp3) is 0.429. The minimum absolute atomic E-state index is 0.208. The molecule has 0 spiro atoms. The molecule has 5 nitrogen and oxygen atoms in total. The van der Waals surface area contributed by atoms with E-state index in [0.29, 0.717) is 35.1 Å². The summed E-state index contributed by atoms with van der Waals surface area (Å²) in [6, 6.07) is 6.08. The van der Waals surface area contributed by atoms with E-state index in [9.17, 15) is 0 Å². The molecule has 1 heterocycles. The lowest BCUT2D eigenvalue weighted by Gasteiger charge is -2.14. The minimum atomic E-state index is 0.208. The van der Waals surface area contributed by atoms with Gasteiger partial charge in [0.25, 0.3) is 5.89 Å². The number of ether oxygens (including phenoxy) is 1. The Hall–Kier alpha value is -1.59. The maximum Gasteiger partial charge on any atom is 0.253 e. The lowest BCUT2D eigenvalue weighted by molar-refractivity contribution is 0.257. The average Bonchev–Trinajstić information content (AvgIpc) is 2.81. The second-order valence-corrected chi connectivity index (χ2v) is 5.17. The number of benzene rings is 1. The molecule has 0 aliphatic carbocycles. The molecule has 0 unspecified atom stereocenters. The molecule has 0 saturated carbocycles. The third-order valence-electron chi connectivity index (χ3n) is 2.66. The second-order valence-electron chi connectivity index (χ2n) is 4.77. The first-order chi connectivity index (χ1) is 9.56. The molecule has 1 aromatic heterocycles. The van der Waals surface area contributed by atoms with Gasteiger partial charge in [0.05, 0.1) is 5.02 Å². The van der Waals surface area contributed by atoms with Gasteiger partial charge in [-0.3, -0.25) is 0 Å². The van der Waals surface area contributed by atoms with Crippen LogP contribution in [0.2, 0.25) is 5.02 Å². The Kier molecular flexibility index (Phi) is 4.98. The maximum atomic E-state index is 6.20. The summed E-state index contributed by atoms with van der Waals surface area (Å²) >= 11 is 6.20. The van der Waals surface area contributed by atoms with Crippen LogP contribution in [0, 0.1) is 6.92 Å². The van der Waals surface area contributed by atoms with Crippen molar-refractivity contribution in [2.24, 2.45) is 0 Å². The highest BCUT2D eigenvalue weighted by molar-refractivity contribution is 6.32. The van der Waals surface area contributed by atoms with E-state index in [4.69, 9.17) is 20.8 Å². The molecule has 0 radical (unpaired) electrons. The number of hydrogen-bond donors (Lipinski definition) is 1. The van der Waals surface area contributed by atoms with Gasteiger partial charge in [-0.15, -0.1) is 10.2 Å². The molecule has 0 aliphatic heterocycles. The first-order valence-corrected chi connectivity index (χ1v) is 6.86. The Bertz CT molecular complexity index is 569. The molecule has 108 valence electrons. The summed E-state index contributed by atoms with van der Waals surface area (Å²) in [4.78, 5) is 0. The summed E-state index contributed by atoms with van der Waals surface area (Å²) in [6.45, 7) is 6.82. The highest BCUT2D eigenvalue weighted by Gasteiger charge is 2.11. The predicted octanol–water partition coefficient (Wildman–Crippen LogP) is 3.11. The lowest BCUT2D eigenvalue weighted by atomic mass is 10.2. The van der Waals surface area contributed by atoms with Crippen molar-refractivity contribution in [2.75, 3.05) is 0 Å². The molecule has 1 N–H and O–H groups in total. The van der Waals surface area contributed by atoms with Crippen LogP contribution >= 0.6 is 11.6 Å². The van der Waals surface area contributed by atoms with Crippen molar-refractivity contribution in [3.63, 3.8) is 0 Å². The number of para-hydroxylation sites is 1. The van der Waals surface area contributed by atoms with Gasteiger partial charge in [-0.05, 0) is 6.07 Å². The quantitative estimate of drug-likeness (QED) is 0.887. The van der Waals surface area contributed by atoms with Crippen molar-refractivity contribution in [3.8, 4) is 5.75 Å². The highest BCUT2D eigenvalue weighted by atomic mass is 35.5. The third kappa shape index (κ3) is 3.95. The largest absolute Gasteiger partial charge is 0.482 e. The van der Waals surface area contributed by atoms with Crippen LogP contribution in [0.1, 0.15) is 31.2 Å². The van der Waals surface area contributed by atoms with Gasteiger partial charge in [0.1, 0.15) is 5.75 Å². The van der Waals surface area contributed by atoms with Crippen LogP contribution in [0.25, 0.3) is 0 Å². The first-order valence-electron chi connectivity index (χ1n) is 6.49. The van der Waals surface area contributed by atoms with Crippen molar-refractivity contribution in [3.05, 3.63) is 40.6 Å². The second kappa shape index (κ2) is 6.72. The minimum Gasteiger partial charge on any atom is -0.482 e. The Balaban J connectivity index is 2.08. The molecule has 0 aliphatic rings. The fourth-order valence-corrected chi connectivity index (χ4v) is 1.95. The van der Waals surface area contributed by atoms with E-state index in [-0.39, 0.29) is 6.61 Å². The van der Waals surface area contributed by atoms with E-state index >= 15 is 0 Å². The number of aromatic nitrogens is 2. The van der Waals surface area contributed by atoms with Crippen molar-refractivity contribution in [2.45, 2.75) is 40.0 Å². The Morgan fingerprint density at radius 2 is 2.15 bits per heavy atom. The highest BCUT2D eigenvalue weighted by Crippen LogP contribution is 2.29. The SMILES string of the molecule is Cc1nnc(COc2c(Cl)cccc2CNC(C)C)o1. The average molecular weight is 296 g/mol. The van der Waals surface area contributed by atoms with Gasteiger partial charge < -0.3 is 14.5 Å². The molecule has 0 atom stereocenters. The van der Waals surface area contributed by atoms with Crippen molar-refractivity contribution in [1.82, 2.24) is 15.5 Å². The van der Waals surface area contributed by atoms with E-state index in [1.54, 1.807) is 13.0 Å². The van der Waals surface area contributed by atoms with Crippen LogP contribution in [0.3, 0.4) is 0 Å². The summed E-state index contributed by atoms with van der Waals surface area (Å²) in [5.41, 5.74) is 1.00. The van der Waals surface area contributed by atoms with E-state index in [0.717, 1.165) is 5.56 Å². The number of aryl methyl sites for hydroxylation is 1. The summed E-state index contributed by atoms with van der Waals surface area (Å²) in [5.74, 6) is 1.60. The molecule has 0 saturated heterocycles. The normalized spacial score (nSPS) is 11.1. The zero-order valence-electron chi connectivity index (χ0n) is 11.8. The molecule has 0 amide bonds. The van der Waals surface area contributed by atoms with Crippen LogP contribution in [0.4, 0.5) is 0 Å². The number of nitrogens with one attached hydrogen (secondary N) is 1. The van der Waals surface area contributed by atoms with Gasteiger partial charge >= 0.3 is 0 Å². The molecular formula is C14H18ClN3O2. The number of hydrogen-bond acceptors (Lipinski definition) is 5. The van der Waals surface area contributed by atoms with E-state index < -0.39 is 0 Å². The Morgan fingerprint density at radius 3 is 2.80 bits per heavy atom. The maximum absolute atomic E-state index is 6.20. The van der Waals surface area contributed by atoms with Crippen LogP contribution < -0.4 is 10.1 Å². The molecule has 0 bridgehead atoms. The smallest absolute Gasteiger partial charge is 0.253 e. The summed E-state index contributed by atoms with van der Waals surface area (Å²) in [5, 5.41) is 11.6. The lowest BCUT2D eigenvalue weighted by Crippen LogP contribution is -2.22. The first kappa shape index (κ1) is 14.8. The van der Waals surface area contributed by atoms with Crippen LogP contribution in [0.15, 0.2) is 22.6 Å². The van der Waals surface area contributed by atoms with Crippen molar-refractivity contribution in [1.29, 1.82) is 0 Å². The molecule has 6 heteroatoms. The fourth-order valence-electron chi connectivity index (χ4n) is 1.70. The van der Waals surface area contributed by atoms with Gasteiger partial charge in [-0.1, -0.05) is 37.6 Å². The molecule has 2 aromatic rings. The van der Waals surface area contributed by atoms with E-state index in [1.165, 1.54) is 0 Å². The van der Waals surface area contributed by atoms with Gasteiger partial charge in [0.15, 0.2) is 6.61 Å². The van der Waals surface area contributed by atoms with E-state index in [1.807, 2.05) is 12.1 Å². The number of rotatable bonds is 6. The van der Waals surface area contributed by atoms with Crippen molar-refractivity contribution >= 4 is 11.6 Å². The number of nitrogens with zero attached hydrogens (tertiary/aromatic N) is 2. The molecule has 2 rings (SSSR count). The van der Waals surface area contributed by atoms with Crippen LogP contribution in [-0.4, -0.2) is 16.2 Å². The molecule has 20 heavy (non-hydrogen) atoms. The summed E-state index contributed by atoms with van der Waals surface area (Å²) in [6.07, 6.45) is 0. The van der Waals surface area contributed by atoms with Gasteiger partial charge in [-0.25, -0.2) is 0 Å². The zero-order valence-corrected chi connectivity index (χ0v) is 12.6. The van der Waals surface area contributed by atoms with Gasteiger partial charge in [0, 0.05) is 25.1 Å². The predicted molar refractivity (Wildman–Crippen MR) is 76.8 cm³/mol. The molecular weight excluding hydrogens is 278 g/mol. The van der Waals surface area contributed by atoms with Gasteiger partial charge in [0.2, 0.25) is 5.89 Å². The molecule has 0 fully saturated rings. The van der Waals surface area contributed by atoms with Crippen molar-refractivity contribution < 1.29 is 9.15 Å². The standard InChI is InChI=1S/C14H18ClN3O2/c1-9(2)16-7-11-5-4-6-12(15)14(11)19-8-13-18-17-10(3)20-13/h4-6,9,16H,7-8H2,1-3H3. The van der Waals surface area contributed by atoms with Crippen LogP contribution in [-0.2, 0) is 13.2 Å². The van der Waals surface area contributed by atoms with E-state index in [2.05, 4.69) is 29.4 Å². The Morgan fingerprint density at radius 1 is 1.35 bits per heavy atom. The zero-order chi connectivity index (χ0) is 14.5. The van der Waals surface area contributed by atoms with Crippen LogP contribution in [0.5, 0.6) is 5.75 Å². The third-order valence-corrected chi connectivity index (χ3v) is 2.95. The topological polar surface area (TPSA) is 60.2 Å². The van der Waals surface area contributed by atoms with Gasteiger partial charge in [-0.2, -0.15) is 0 Å².